The standard InChI is InChI=1S/C7H16N2O2S/c1-6(11-4-5-12)9-7(10)2-3-8/h6,12H,2-5,8H2,1H3,(H,9,10). The molecule has 0 saturated carbocycles. The maximum atomic E-state index is 10.9. The molecule has 0 fully saturated rings. The van der Waals surface area contributed by atoms with Crippen molar-refractivity contribution in [2.24, 2.45) is 5.73 Å². The Kier molecular flexibility index (Phi) is 7.23. The van der Waals surface area contributed by atoms with E-state index in [0.717, 1.165) is 0 Å². The van der Waals surface area contributed by atoms with Crippen molar-refractivity contribution in [1.82, 2.24) is 5.32 Å². The molecular formula is C7H16N2O2S. The molecule has 1 amide bonds. The summed E-state index contributed by atoms with van der Waals surface area (Å²) in [7, 11) is 0. The van der Waals surface area contributed by atoms with Crippen LogP contribution in [0.1, 0.15) is 13.3 Å². The Morgan fingerprint density at radius 2 is 2.42 bits per heavy atom. The summed E-state index contributed by atoms with van der Waals surface area (Å²) < 4.78 is 5.16. The van der Waals surface area contributed by atoms with E-state index in [2.05, 4.69) is 17.9 Å². The Balaban J connectivity index is 3.40. The second-order valence-corrected chi connectivity index (χ2v) is 2.79. The third-order valence-corrected chi connectivity index (χ3v) is 1.38. The van der Waals surface area contributed by atoms with Crippen LogP contribution in [-0.4, -0.2) is 31.0 Å². The van der Waals surface area contributed by atoms with E-state index in [1.54, 1.807) is 6.92 Å². The normalized spacial score (nSPS) is 12.6. The quantitative estimate of drug-likeness (QED) is 0.401. The predicted octanol–water partition coefficient (Wildman–Crippen LogP) is -0.256. The fourth-order valence-corrected chi connectivity index (χ4v) is 0.807. The lowest BCUT2D eigenvalue weighted by molar-refractivity contribution is -0.124. The van der Waals surface area contributed by atoms with E-state index in [4.69, 9.17) is 10.5 Å². The third-order valence-electron chi connectivity index (χ3n) is 1.19. The average Bonchev–Trinajstić information content (AvgIpc) is 2.01. The summed E-state index contributed by atoms with van der Waals surface area (Å²) >= 11 is 3.97. The van der Waals surface area contributed by atoms with Crippen molar-refractivity contribution in [3.05, 3.63) is 0 Å². The second kappa shape index (κ2) is 7.39. The summed E-state index contributed by atoms with van der Waals surface area (Å²) in [5.41, 5.74) is 5.19. The molecule has 0 saturated heterocycles. The summed E-state index contributed by atoms with van der Waals surface area (Å²) in [5.74, 6) is 0.570. The summed E-state index contributed by atoms with van der Waals surface area (Å²) in [6.45, 7) is 2.68. The maximum absolute atomic E-state index is 10.9. The van der Waals surface area contributed by atoms with Crippen molar-refractivity contribution in [3.8, 4) is 0 Å². The van der Waals surface area contributed by atoms with Gasteiger partial charge in [-0.3, -0.25) is 4.79 Å². The van der Waals surface area contributed by atoms with E-state index in [1.165, 1.54) is 0 Å². The van der Waals surface area contributed by atoms with E-state index in [0.29, 0.717) is 25.3 Å². The van der Waals surface area contributed by atoms with Crippen molar-refractivity contribution >= 4 is 18.5 Å². The number of amides is 1. The summed E-state index contributed by atoms with van der Waals surface area (Å²) in [6.07, 6.45) is 0.0883. The van der Waals surface area contributed by atoms with Gasteiger partial charge in [0, 0.05) is 18.7 Å². The van der Waals surface area contributed by atoms with Crippen LogP contribution in [0.25, 0.3) is 0 Å². The van der Waals surface area contributed by atoms with Gasteiger partial charge in [-0.15, -0.1) is 0 Å². The van der Waals surface area contributed by atoms with Gasteiger partial charge in [0.15, 0.2) is 0 Å². The van der Waals surface area contributed by atoms with E-state index >= 15 is 0 Å². The number of ether oxygens (including phenoxy) is 1. The van der Waals surface area contributed by atoms with Crippen molar-refractivity contribution in [3.63, 3.8) is 0 Å². The van der Waals surface area contributed by atoms with E-state index in [9.17, 15) is 4.79 Å². The maximum Gasteiger partial charge on any atom is 0.223 e. The van der Waals surface area contributed by atoms with Crippen LogP contribution in [0.3, 0.4) is 0 Å². The lowest BCUT2D eigenvalue weighted by Gasteiger charge is -2.13. The van der Waals surface area contributed by atoms with Crippen molar-refractivity contribution < 1.29 is 9.53 Å². The van der Waals surface area contributed by atoms with Crippen molar-refractivity contribution in [1.29, 1.82) is 0 Å². The molecule has 0 heterocycles. The molecule has 12 heavy (non-hydrogen) atoms. The molecule has 0 aliphatic rings. The lowest BCUT2D eigenvalue weighted by atomic mass is 10.4. The minimum Gasteiger partial charge on any atom is -0.358 e. The molecule has 0 bridgehead atoms. The van der Waals surface area contributed by atoms with Gasteiger partial charge >= 0.3 is 0 Å². The van der Waals surface area contributed by atoms with Gasteiger partial charge in [-0.05, 0) is 6.92 Å². The summed E-state index contributed by atoms with van der Waals surface area (Å²) in [4.78, 5) is 10.9. The largest absolute Gasteiger partial charge is 0.358 e. The van der Waals surface area contributed by atoms with Gasteiger partial charge in [0.2, 0.25) is 5.91 Å². The molecule has 3 N–H and O–H groups in total. The van der Waals surface area contributed by atoms with Gasteiger partial charge in [-0.1, -0.05) is 0 Å². The van der Waals surface area contributed by atoms with Gasteiger partial charge in [0.25, 0.3) is 0 Å². The average molecular weight is 192 g/mol. The van der Waals surface area contributed by atoms with Crippen molar-refractivity contribution in [2.45, 2.75) is 19.6 Å². The fourth-order valence-electron chi connectivity index (χ4n) is 0.701. The van der Waals surface area contributed by atoms with E-state index in [-0.39, 0.29) is 12.1 Å². The first kappa shape index (κ1) is 11.7. The SMILES string of the molecule is CC(NC(=O)CCN)OCCS. The fraction of sp³-hybridized carbons (Fsp3) is 0.857. The zero-order chi connectivity index (χ0) is 9.40. The number of nitrogens with one attached hydrogen (secondary N) is 1. The molecule has 72 valence electrons. The molecule has 0 radical (unpaired) electrons. The molecule has 0 spiro atoms. The number of hydrogen-bond donors (Lipinski definition) is 3. The monoisotopic (exact) mass is 192 g/mol. The Hall–Kier alpha value is -0.260. The molecule has 0 aromatic heterocycles. The Bertz CT molecular complexity index is 133. The molecule has 0 aliphatic carbocycles. The summed E-state index contributed by atoms with van der Waals surface area (Å²) in [6, 6.07) is 0. The molecule has 4 nitrogen and oxygen atoms in total. The molecule has 0 aromatic rings. The number of carbonyl (C=O) groups is 1. The number of nitrogens with two attached hydrogens (primary N) is 1. The molecule has 0 aliphatic heterocycles. The summed E-state index contributed by atoms with van der Waals surface area (Å²) in [5, 5.41) is 2.64. The number of carbonyl (C=O) groups excluding carboxylic acids is 1. The molecule has 5 heteroatoms. The highest BCUT2D eigenvalue weighted by Gasteiger charge is 2.04. The van der Waals surface area contributed by atoms with Gasteiger partial charge < -0.3 is 15.8 Å². The molecule has 1 atom stereocenters. The van der Waals surface area contributed by atoms with Gasteiger partial charge in [0.05, 0.1) is 6.61 Å². The van der Waals surface area contributed by atoms with Crippen LogP contribution >= 0.6 is 12.6 Å². The molecular weight excluding hydrogens is 176 g/mol. The van der Waals surface area contributed by atoms with Crippen LogP contribution in [0.15, 0.2) is 0 Å². The molecule has 0 rings (SSSR count). The Morgan fingerprint density at radius 1 is 1.75 bits per heavy atom. The topological polar surface area (TPSA) is 64.4 Å². The minimum absolute atomic E-state index is 0.0795. The third kappa shape index (κ3) is 6.45. The van der Waals surface area contributed by atoms with Crippen LogP contribution in [0, 0.1) is 0 Å². The minimum atomic E-state index is -0.254. The zero-order valence-electron chi connectivity index (χ0n) is 7.25. The predicted molar refractivity (Wildman–Crippen MR) is 51.1 cm³/mol. The van der Waals surface area contributed by atoms with Crippen LogP contribution < -0.4 is 11.1 Å². The van der Waals surface area contributed by atoms with Crippen LogP contribution in [0.5, 0.6) is 0 Å². The Morgan fingerprint density at radius 3 is 2.92 bits per heavy atom. The number of rotatable bonds is 6. The first-order valence-electron chi connectivity index (χ1n) is 3.92. The highest BCUT2D eigenvalue weighted by Crippen LogP contribution is 1.88. The first-order chi connectivity index (χ1) is 5.70. The number of hydrogen-bond acceptors (Lipinski definition) is 4. The molecule has 0 aromatic carbocycles. The van der Waals surface area contributed by atoms with Gasteiger partial charge in [-0.2, -0.15) is 12.6 Å². The molecule has 1 unspecified atom stereocenters. The number of thiol groups is 1. The second-order valence-electron chi connectivity index (χ2n) is 2.34. The smallest absolute Gasteiger partial charge is 0.223 e. The highest BCUT2D eigenvalue weighted by atomic mass is 32.1. The van der Waals surface area contributed by atoms with Gasteiger partial charge in [-0.25, -0.2) is 0 Å². The lowest BCUT2D eigenvalue weighted by Crippen LogP contribution is -2.35. The van der Waals surface area contributed by atoms with Crippen LogP contribution in [0.2, 0.25) is 0 Å². The van der Waals surface area contributed by atoms with E-state index < -0.39 is 0 Å². The first-order valence-corrected chi connectivity index (χ1v) is 4.56. The van der Waals surface area contributed by atoms with Gasteiger partial charge in [0.1, 0.15) is 6.23 Å². The van der Waals surface area contributed by atoms with Crippen LogP contribution in [-0.2, 0) is 9.53 Å². The van der Waals surface area contributed by atoms with Crippen molar-refractivity contribution in [2.75, 3.05) is 18.9 Å². The Labute approximate surface area is 78.2 Å². The van der Waals surface area contributed by atoms with E-state index in [1.807, 2.05) is 0 Å². The highest BCUT2D eigenvalue weighted by molar-refractivity contribution is 7.80. The zero-order valence-corrected chi connectivity index (χ0v) is 8.14. The van der Waals surface area contributed by atoms with Crippen LogP contribution in [0.4, 0.5) is 0 Å².